The highest BCUT2D eigenvalue weighted by atomic mass is 16.5. The first-order valence-corrected chi connectivity index (χ1v) is 9.01. The molecular weight excluding hydrogens is 328 g/mol. The van der Waals surface area contributed by atoms with Gasteiger partial charge in [0.1, 0.15) is 5.75 Å². The van der Waals surface area contributed by atoms with Crippen LogP contribution in [0.15, 0.2) is 48.7 Å². The van der Waals surface area contributed by atoms with Crippen molar-refractivity contribution in [3.8, 4) is 5.75 Å². The maximum absolute atomic E-state index is 12.9. The molecule has 2 aromatic heterocycles. The van der Waals surface area contributed by atoms with Gasteiger partial charge >= 0.3 is 0 Å². The molecule has 0 bridgehead atoms. The Morgan fingerprint density at radius 3 is 2.92 bits per heavy atom. The van der Waals surface area contributed by atoms with Gasteiger partial charge in [0.05, 0.1) is 17.4 Å². The quantitative estimate of drug-likeness (QED) is 0.725. The molecule has 1 fully saturated rings. The summed E-state index contributed by atoms with van der Waals surface area (Å²) >= 11 is 0. The standard InChI is InChI=1S/C20H22N4O2/c1-15-13-19-21-11-10-18(24(19)22-15)17-9-5-6-12-23(17)20(25)14-26-16-7-3-2-4-8-16/h2-4,7-8,10-11,13,17H,5-6,9,12,14H2,1H3/t17-/m0/s1. The minimum Gasteiger partial charge on any atom is -0.484 e. The fraction of sp³-hybridized carbons (Fsp3) is 0.350. The lowest BCUT2D eigenvalue weighted by molar-refractivity contribution is -0.137. The van der Waals surface area contributed by atoms with Gasteiger partial charge in [-0.05, 0) is 44.4 Å². The second kappa shape index (κ2) is 7.15. The van der Waals surface area contributed by atoms with Gasteiger partial charge in [0.2, 0.25) is 0 Å². The van der Waals surface area contributed by atoms with Gasteiger partial charge < -0.3 is 9.64 Å². The molecule has 6 nitrogen and oxygen atoms in total. The van der Waals surface area contributed by atoms with E-state index >= 15 is 0 Å². The van der Waals surface area contributed by atoms with Gasteiger partial charge in [-0.25, -0.2) is 9.50 Å². The van der Waals surface area contributed by atoms with Gasteiger partial charge in [0, 0.05) is 18.8 Å². The van der Waals surface area contributed by atoms with Crippen LogP contribution in [0.3, 0.4) is 0 Å². The van der Waals surface area contributed by atoms with Crippen molar-refractivity contribution in [2.45, 2.75) is 32.2 Å². The summed E-state index contributed by atoms with van der Waals surface area (Å²) in [6.07, 6.45) is 4.83. The summed E-state index contributed by atoms with van der Waals surface area (Å²) in [7, 11) is 0. The third-order valence-corrected chi connectivity index (χ3v) is 4.78. The monoisotopic (exact) mass is 350 g/mol. The van der Waals surface area contributed by atoms with Crippen molar-refractivity contribution in [1.29, 1.82) is 0 Å². The molecule has 0 radical (unpaired) electrons. The van der Waals surface area contributed by atoms with E-state index in [2.05, 4.69) is 10.1 Å². The first kappa shape index (κ1) is 16.6. The first-order valence-electron chi connectivity index (χ1n) is 9.01. The van der Waals surface area contributed by atoms with E-state index in [0.717, 1.165) is 42.8 Å². The van der Waals surface area contributed by atoms with E-state index in [0.29, 0.717) is 5.75 Å². The molecule has 4 rings (SSSR count). The zero-order valence-corrected chi connectivity index (χ0v) is 14.8. The number of aromatic nitrogens is 3. The Labute approximate surface area is 152 Å². The summed E-state index contributed by atoms with van der Waals surface area (Å²) < 4.78 is 7.54. The highest BCUT2D eigenvalue weighted by Gasteiger charge is 2.30. The average Bonchev–Trinajstić information content (AvgIpc) is 3.07. The fourth-order valence-electron chi connectivity index (χ4n) is 3.56. The number of likely N-dealkylation sites (tertiary alicyclic amines) is 1. The predicted octanol–water partition coefficient (Wildman–Crippen LogP) is 3.17. The summed E-state index contributed by atoms with van der Waals surface area (Å²) in [5.74, 6) is 0.718. The molecule has 1 aliphatic rings. The largest absolute Gasteiger partial charge is 0.484 e. The number of benzene rings is 1. The molecule has 1 aliphatic heterocycles. The molecule has 26 heavy (non-hydrogen) atoms. The van der Waals surface area contributed by atoms with E-state index in [1.807, 2.05) is 58.8 Å². The topological polar surface area (TPSA) is 59.7 Å². The lowest BCUT2D eigenvalue weighted by Crippen LogP contribution is -2.41. The van der Waals surface area contributed by atoms with Crippen molar-refractivity contribution < 1.29 is 9.53 Å². The maximum Gasteiger partial charge on any atom is 0.261 e. The van der Waals surface area contributed by atoms with Gasteiger partial charge in [0.25, 0.3) is 5.91 Å². The first-order chi connectivity index (χ1) is 12.7. The van der Waals surface area contributed by atoms with E-state index < -0.39 is 0 Å². The van der Waals surface area contributed by atoms with Gasteiger partial charge in [-0.2, -0.15) is 5.10 Å². The van der Waals surface area contributed by atoms with Crippen molar-refractivity contribution in [2.24, 2.45) is 0 Å². The number of rotatable bonds is 4. The highest BCUT2D eigenvalue weighted by molar-refractivity contribution is 5.78. The number of para-hydroxylation sites is 1. The van der Waals surface area contributed by atoms with Crippen LogP contribution in [-0.4, -0.2) is 38.6 Å². The maximum atomic E-state index is 12.9. The molecule has 3 aromatic rings. The van der Waals surface area contributed by atoms with E-state index in [1.165, 1.54) is 0 Å². The number of fused-ring (bicyclic) bond motifs is 1. The number of nitrogens with zero attached hydrogens (tertiary/aromatic N) is 4. The Morgan fingerprint density at radius 1 is 1.23 bits per heavy atom. The zero-order chi connectivity index (χ0) is 17.9. The van der Waals surface area contributed by atoms with Crippen molar-refractivity contribution >= 4 is 11.6 Å². The Balaban J connectivity index is 1.57. The van der Waals surface area contributed by atoms with Crippen molar-refractivity contribution in [3.05, 3.63) is 60.0 Å². The van der Waals surface area contributed by atoms with Crippen LogP contribution in [0.1, 0.15) is 36.7 Å². The molecule has 1 saturated heterocycles. The van der Waals surface area contributed by atoms with Crippen molar-refractivity contribution in [3.63, 3.8) is 0 Å². The number of aryl methyl sites for hydroxylation is 1. The second-order valence-corrected chi connectivity index (χ2v) is 6.63. The second-order valence-electron chi connectivity index (χ2n) is 6.63. The lowest BCUT2D eigenvalue weighted by Gasteiger charge is -2.35. The molecular formula is C20H22N4O2. The van der Waals surface area contributed by atoms with Gasteiger partial charge in [-0.3, -0.25) is 4.79 Å². The third-order valence-electron chi connectivity index (χ3n) is 4.78. The van der Waals surface area contributed by atoms with E-state index in [-0.39, 0.29) is 18.6 Å². The van der Waals surface area contributed by atoms with Crippen LogP contribution >= 0.6 is 0 Å². The Kier molecular flexibility index (Phi) is 4.56. The smallest absolute Gasteiger partial charge is 0.261 e. The molecule has 0 unspecified atom stereocenters. The van der Waals surface area contributed by atoms with Crippen LogP contribution in [0.25, 0.3) is 5.65 Å². The molecule has 0 aliphatic carbocycles. The third kappa shape index (κ3) is 3.27. The molecule has 1 aromatic carbocycles. The SMILES string of the molecule is Cc1cc2nccc([C@@H]3CCCCN3C(=O)COc3ccccc3)n2n1. The Bertz CT molecular complexity index is 907. The molecule has 3 heterocycles. The van der Waals surface area contributed by atoms with Crippen LogP contribution < -0.4 is 4.74 Å². The molecule has 134 valence electrons. The Morgan fingerprint density at radius 2 is 2.08 bits per heavy atom. The minimum atomic E-state index is 0.000392. The molecule has 0 saturated carbocycles. The van der Waals surface area contributed by atoms with E-state index in [9.17, 15) is 4.79 Å². The van der Waals surface area contributed by atoms with Gasteiger partial charge in [-0.1, -0.05) is 18.2 Å². The van der Waals surface area contributed by atoms with E-state index in [4.69, 9.17) is 4.74 Å². The number of hydrogen-bond acceptors (Lipinski definition) is 4. The van der Waals surface area contributed by atoms with Gasteiger partial charge in [-0.15, -0.1) is 0 Å². The summed E-state index contributed by atoms with van der Waals surface area (Å²) in [4.78, 5) is 19.2. The number of amides is 1. The fourth-order valence-corrected chi connectivity index (χ4v) is 3.56. The lowest BCUT2D eigenvalue weighted by atomic mass is 9.99. The number of carbonyl (C=O) groups excluding carboxylic acids is 1. The minimum absolute atomic E-state index is 0.000392. The van der Waals surface area contributed by atoms with E-state index in [1.54, 1.807) is 6.20 Å². The molecule has 6 heteroatoms. The average molecular weight is 350 g/mol. The number of carbonyl (C=O) groups is 1. The van der Waals surface area contributed by atoms with Crippen molar-refractivity contribution in [1.82, 2.24) is 19.5 Å². The van der Waals surface area contributed by atoms with Crippen molar-refractivity contribution in [2.75, 3.05) is 13.2 Å². The molecule has 1 amide bonds. The molecule has 1 atom stereocenters. The van der Waals surface area contributed by atoms with Gasteiger partial charge in [0.15, 0.2) is 12.3 Å². The molecule has 0 N–H and O–H groups in total. The number of hydrogen-bond donors (Lipinski definition) is 0. The predicted molar refractivity (Wildman–Crippen MR) is 98.0 cm³/mol. The number of piperidine rings is 1. The Hall–Kier alpha value is -2.89. The summed E-state index contributed by atoms with van der Waals surface area (Å²) in [6, 6.07) is 13.4. The summed E-state index contributed by atoms with van der Waals surface area (Å²) in [6.45, 7) is 2.74. The number of ether oxygens (including phenoxy) is 1. The van der Waals surface area contributed by atoms with Crippen LogP contribution in [0.2, 0.25) is 0 Å². The van der Waals surface area contributed by atoms with Crippen LogP contribution in [0.5, 0.6) is 5.75 Å². The zero-order valence-electron chi connectivity index (χ0n) is 14.8. The van der Waals surface area contributed by atoms with Crippen LogP contribution in [-0.2, 0) is 4.79 Å². The summed E-state index contributed by atoms with van der Waals surface area (Å²) in [5, 5.41) is 4.56. The highest BCUT2D eigenvalue weighted by Crippen LogP contribution is 2.31. The van der Waals surface area contributed by atoms with Crippen LogP contribution in [0.4, 0.5) is 0 Å². The normalized spacial score (nSPS) is 17.4. The van der Waals surface area contributed by atoms with Crippen LogP contribution in [0, 0.1) is 6.92 Å². The molecule has 0 spiro atoms. The summed E-state index contributed by atoms with van der Waals surface area (Å²) in [5.41, 5.74) is 2.75.